The molecule has 1 atom stereocenters. The maximum absolute atomic E-state index is 5.52. The van der Waals surface area contributed by atoms with Gasteiger partial charge in [-0.2, -0.15) is 0 Å². The van der Waals surface area contributed by atoms with Crippen molar-refractivity contribution >= 4 is 11.8 Å². The number of hydrogen-bond donors (Lipinski definition) is 1. The van der Waals surface area contributed by atoms with Crippen molar-refractivity contribution in [3.63, 3.8) is 0 Å². The second kappa shape index (κ2) is 6.37. The van der Waals surface area contributed by atoms with Crippen molar-refractivity contribution in [1.82, 2.24) is 14.8 Å². The molecule has 1 fully saturated rings. The quantitative estimate of drug-likeness (QED) is 0.764. The van der Waals surface area contributed by atoms with E-state index >= 15 is 0 Å². The Kier molecular flexibility index (Phi) is 4.82. The Morgan fingerprint density at radius 2 is 2.41 bits per heavy atom. The van der Waals surface area contributed by atoms with Crippen LogP contribution in [0.3, 0.4) is 0 Å². The predicted octanol–water partition coefficient (Wildman–Crippen LogP) is 0.835. The minimum atomic E-state index is 0.621. The second-order valence-corrected chi connectivity index (χ2v) is 5.43. The molecule has 2 N–H and O–H groups in total. The average Bonchev–Trinajstić information content (AvgIpc) is 2.94. The number of ether oxygens (including phenoxy) is 1. The molecule has 0 saturated carbocycles. The summed E-state index contributed by atoms with van der Waals surface area (Å²) in [4.78, 5) is 0. The molecule has 0 bridgehead atoms. The average molecular weight is 256 g/mol. The molecule has 1 aliphatic heterocycles. The first-order valence-corrected chi connectivity index (χ1v) is 7.08. The van der Waals surface area contributed by atoms with E-state index in [9.17, 15) is 0 Å². The minimum Gasteiger partial charge on any atom is -0.381 e. The van der Waals surface area contributed by atoms with Crippen LogP contribution in [0, 0.1) is 5.92 Å². The maximum Gasteiger partial charge on any atom is 0.190 e. The summed E-state index contributed by atoms with van der Waals surface area (Å²) in [5.41, 5.74) is 5.52. The van der Waals surface area contributed by atoms with Crippen molar-refractivity contribution in [2.45, 2.75) is 24.4 Å². The highest BCUT2D eigenvalue weighted by molar-refractivity contribution is 7.99. The fraction of sp³-hybridized carbons (Fsp3) is 0.818. The van der Waals surface area contributed by atoms with Gasteiger partial charge in [0.25, 0.3) is 0 Å². The number of nitrogens with zero attached hydrogens (tertiary/aromatic N) is 3. The van der Waals surface area contributed by atoms with Gasteiger partial charge in [-0.3, -0.25) is 0 Å². The minimum absolute atomic E-state index is 0.621. The first kappa shape index (κ1) is 12.9. The van der Waals surface area contributed by atoms with Gasteiger partial charge in [0.15, 0.2) is 5.16 Å². The van der Waals surface area contributed by atoms with Crippen molar-refractivity contribution < 1.29 is 4.74 Å². The van der Waals surface area contributed by atoms with Gasteiger partial charge in [-0.05, 0) is 25.3 Å². The second-order valence-electron chi connectivity index (χ2n) is 4.36. The molecule has 1 aromatic heterocycles. The highest BCUT2D eigenvalue weighted by Gasteiger charge is 2.16. The van der Waals surface area contributed by atoms with Crippen molar-refractivity contribution in [1.29, 1.82) is 0 Å². The molecule has 1 aromatic rings. The van der Waals surface area contributed by atoms with E-state index in [4.69, 9.17) is 10.5 Å². The summed E-state index contributed by atoms with van der Waals surface area (Å²) in [5, 5.41) is 9.32. The van der Waals surface area contributed by atoms with E-state index < -0.39 is 0 Å². The van der Waals surface area contributed by atoms with Crippen LogP contribution in [0.4, 0.5) is 0 Å². The summed E-state index contributed by atoms with van der Waals surface area (Å²) in [6.07, 6.45) is 3.20. The summed E-state index contributed by atoms with van der Waals surface area (Å²) in [6.45, 7) is 2.48. The third kappa shape index (κ3) is 3.43. The molecule has 5 nitrogen and oxygen atoms in total. The number of hydrogen-bond acceptors (Lipinski definition) is 5. The van der Waals surface area contributed by atoms with Crippen LogP contribution in [0.25, 0.3) is 0 Å². The Morgan fingerprint density at radius 1 is 1.53 bits per heavy atom. The first-order chi connectivity index (χ1) is 8.31. The fourth-order valence-corrected chi connectivity index (χ4v) is 2.98. The molecule has 2 heterocycles. The van der Waals surface area contributed by atoms with Gasteiger partial charge in [0.1, 0.15) is 5.82 Å². The van der Waals surface area contributed by atoms with Crippen LogP contribution in [0.2, 0.25) is 0 Å². The Hall–Kier alpha value is -0.590. The van der Waals surface area contributed by atoms with Gasteiger partial charge < -0.3 is 15.0 Å². The fourth-order valence-electron chi connectivity index (χ4n) is 1.95. The van der Waals surface area contributed by atoms with Crippen molar-refractivity contribution in [2.75, 3.05) is 25.5 Å². The Balaban J connectivity index is 1.78. The van der Waals surface area contributed by atoms with Crippen LogP contribution in [-0.2, 0) is 18.2 Å². The van der Waals surface area contributed by atoms with Gasteiger partial charge in [0.05, 0.1) is 0 Å². The van der Waals surface area contributed by atoms with E-state index in [1.807, 2.05) is 11.6 Å². The van der Waals surface area contributed by atoms with Crippen LogP contribution in [0.15, 0.2) is 5.16 Å². The van der Waals surface area contributed by atoms with Crippen LogP contribution in [0.1, 0.15) is 18.7 Å². The lowest BCUT2D eigenvalue weighted by Crippen LogP contribution is -2.08. The smallest absolute Gasteiger partial charge is 0.190 e. The molecule has 2 rings (SSSR count). The van der Waals surface area contributed by atoms with Gasteiger partial charge in [-0.15, -0.1) is 10.2 Å². The van der Waals surface area contributed by atoms with Gasteiger partial charge in [-0.25, -0.2) is 0 Å². The molecule has 0 aromatic carbocycles. The zero-order valence-electron chi connectivity index (χ0n) is 10.3. The van der Waals surface area contributed by atoms with E-state index in [2.05, 4.69) is 10.2 Å². The van der Waals surface area contributed by atoms with E-state index in [-0.39, 0.29) is 0 Å². The molecule has 1 saturated heterocycles. The van der Waals surface area contributed by atoms with E-state index in [0.717, 1.165) is 42.3 Å². The van der Waals surface area contributed by atoms with Crippen LogP contribution >= 0.6 is 11.8 Å². The maximum atomic E-state index is 5.52. The first-order valence-electron chi connectivity index (χ1n) is 6.10. The molecule has 0 aliphatic carbocycles. The van der Waals surface area contributed by atoms with E-state index in [1.54, 1.807) is 11.8 Å². The Bertz CT molecular complexity index is 349. The molecule has 0 unspecified atom stereocenters. The third-order valence-corrected chi connectivity index (χ3v) is 4.13. The van der Waals surface area contributed by atoms with Crippen molar-refractivity contribution in [3.8, 4) is 0 Å². The van der Waals surface area contributed by atoms with Crippen LogP contribution < -0.4 is 5.73 Å². The molecule has 96 valence electrons. The molecule has 6 heteroatoms. The van der Waals surface area contributed by atoms with E-state index in [0.29, 0.717) is 6.54 Å². The highest BCUT2D eigenvalue weighted by atomic mass is 32.2. The summed E-state index contributed by atoms with van der Waals surface area (Å²) in [7, 11) is 2.01. The third-order valence-electron chi connectivity index (χ3n) is 3.07. The SMILES string of the molecule is Cn1c(CCN)nnc1SCC[C@H]1CCOC1. The van der Waals surface area contributed by atoms with Crippen LogP contribution in [0.5, 0.6) is 0 Å². The Labute approximate surface area is 106 Å². The lowest BCUT2D eigenvalue weighted by Gasteiger charge is -2.06. The summed E-state index contributed by atoms with van der Waals surface area (Å²) in [5.74, 6) is 2.79. The Morgan fingerprint density at radius 3 is 3.12 bits per heavy atom. The zero-order chi connectivity index (χ0) is 12.1. The molecule has 0 amide bonds. The molecule has 17 heavy (non-hydrogen) atoms. The van der Waals surface area contributed by atoms with Gasteiger partial charge >= 0.3 is 0 Å². The molecule has 0 spiro atoms. The van der Waals surface area contributed by atoms with Crippen LogP contribution in [-0.4, -0.2) is 40.3 Å². The largest absolute Gasteiger partial charge is 0.381 e. The van der Waals surface area contributed by atoms with Crippen molar-refractivity contribution in [2.24, 2.45) is 18.7 Å². The van der Waals surface area contributed by atoms with Gasteiger partial charge in [0, 0.05) is 32.4 Å². The topological polar surface area (TPSA) is 66.0 Å². The van der Waals surface area contributed by atoms with Gasteiger partial charge in [-0.1, -0.05) is 11.8 Å². The zero-order valence-corrected chi connectivity index (χ0v) is 11.1. The van der Waals surface area contributed by atoms with Gasteiger partial charge in [0.2, 0.25) is 0 Å². The molecular formula is C11H20N4OS. The van der Waals surface area contributed by atoms with Crippen molar-refractivity contribution in [3.05, 3.63) is 5.82 Å². The lowest BCUT2D eigenvalue weighted by molar-refractivity contribution is 0.185. The summed E-state index contributed by atoms with van der Waals surface area (Å²) < 4.78 is 7.41. The molecular weight excluding hydrogens is 236 g/mol. The number of rotatable bonds is 6. The highest BCUT2D eigenvalue weighted by Crippen LogP contribution is 2.22. The lowest BCUT2D eigenvalue weighted by atomic mass is 10.1. The normalized spacial score (nSPS) is 20.0. The summed E-state index contributed by atoms with van der Waals surface area (Å²) >= 11 is 1.77. The number of aromatic nitrogens is 3. The monoisotopic (exact) mass is 256 g/mol. The molecule has 0 radical (unpaired) electrons. The summed E-state index contributed by atoms with van der Waals surface area (Å²) in [6, 6.07) is 0. The predicted molar refractivity (Wildman–Crippen MR) is 68.0 cm³/mol. The standard InChI is InChI=1S/C11H20N4OS/c1-15-10(2-5-12)13-14-11(15)17-7-4-9-3-6-16-8-9/h9H,2-8,12H2,1H3/t9-/m1/s1. The number of nitrogens with two attached hydrogens (primary N) is 1. The molecule has 1 aliphatic rings. The number of thioether (sulfide) groups is 1. The van der Waals surface area contributed by atoms with E-state index in [1.165, 1.54) is 12.8 Å².